The van der Waals surface area contributed by atoms with Crippen LogP contribution in [0.2, 0.25) is 0 Å². The molecule has 26 heavy (non-hydrogen) atoms. The minimum absolute atomic E-state index is 0.150. The van der Waals surface area contributed by atoms with Gasteiger partial charge in [0.25, 0.3) is 11.6 Å². The van der Waals surface area contributed by atoms with E-state index < -0.39 is 4.92 Å². The van der Waals surface area contributed by atoms with Crippen LogP contribution in [0.25, 0.3) is 0 Å². The van der Waals surface area contributed by atoms with Crippen molar-refractivity contribution < 1.29 is 9.72 Å². The van der Waals surface area contributed by atoms with E-state index in [0.29, 0.717) is 16.1 Å². The lowest BCUT2D eigenvalue weighted by Crippen LogP contribution is -2.38. The Labute approximate surface area is 152 Å². The summed E-state index contributed by atoms with van der Waals surface area (Å²) in [6, 6.07) is 17.9. The number of amides is 1. The lowest BCUT2D eigenvalue weighted by molar-refractivity contribution is -0.384. The average Bonchev–Trinajstić information content (AvgIpc) is 3.21. The fourth-order valence-electron chi connectivity index (χ4n) is 2.32. The molecule has 0 aliphatic heterocycles. The number of nitrogens with one attached hydrogen (secondary N) is 1. The van der Waals surface area contributed by atoms with E-state index in [1.807, 2.05) is 6.07 Å². The molecule has 0 bridgehead atoms. The SMILES string of the molecule is N#Cc1ccc(N(NC(=O)c2cccs2)c2ccccc2[N+](=O)[O-])cc1. The molecule has 0 fully saturated rings. The molecule has 3 rings (SSSR count). The van der Waals surface area contributed by atoms with Crippen LogP contribution >= 0.6 is 11.3 Å². The number of nitro groups is 1. The minimum Gasteiger partial charge on any atom is -0.266 e. The monoisotopic (exact) mass is 364 g/mol. The van der Waals surface area contributed by atoms with E-state index >= 15 is 0 Å². The summed E-state index contributed by atoms with van der Waals surface area (Å²) in [5, 5.41) is 23.5. The molecule has 1 amide bonds. The zero-order valence-electron chi connectivity index (χ0n) is 13.3. The number of carbonyl (C=O) groups excluding carboxylic acids is 1. The highest BCUT2D eigenvalue weighted by molar-refractivity contribution is 7.12. The van der Waals surface area contributed by atoms with Gasteiger partial charge >= 0.3 is 0 Å². The molecule has 1 N–H and O–H groups in total. The van der Waals surface area contributed by atoms with E-state index in [0.717, 1.165) is 0 Å². The van der Waals surface area contributed by atoms with Crippen molar-refractivity contribution in [1.82, 2.24) is 5.43 Å². The number of carbonyl (C=O) groups is 1. The van der Waals surface area contributed by atoms with Gasteiger partial charge in [-0.25, -0.2) is 5.01 Å². The lowest BCUT2D eigenvalue weighted by Gasteiger charge is -2.25. The standard InChI is InChI=1S/C18H12N4O3S/c19-12-13-7-9-14(10-8-13)21(20-18(23)17-6-3-11-26-17)15-4-1-2-5-16(15)22(24)25/h1-11H,(H,20,23). The van der Waals surface area contributed by atoms with Crippen LogP contribution in [-0.2, 0) is 0 Å². The third kappa shape index (κ3) is 3.53. The Morgan fingerprint density at radius 3 is 2.46 bits per heavy atom. The van der Waals surface area contributed by atoms with Gasteiger partial charge in [-0.2, -0.15) is 5.26 Å². The first-order chi connectivity index (χ1) is 12.6. The van der Waals surface area contributed by atoms with E-state index in [4.69, 9.17) is 5.26 Å². The fraction of sp³-hybridized carbons (Fsp3) is 0. The molecule has 8 heteroatoms. The van der Waals surface area contributed by atoms with Crippen molar-refractivity contribution in [3.05, 3.63) is 86.6 Å². The van der Waals surface area contributed by atoms with Crippen molar-refractivity contribution in [2.24, 2.45) is 0 Å². The molecule has 1 aromatic heterocycles. The highest BCUT2D eigenvalue weighted by atomic mass is 32.1. The van der Waals surface area contributed by atoms with Crippen LogP contribution < -0.4 is 10.4 Å². The molecule has 0 atom stereocenters. The molecule has 7 nitrogen and oxygen atoms in total. The van der Waals surface area contributed by atoms with Crippen molar-refractivity contribution >= 4 is 34.3 Å². The van der Waals surface area contributed by atoms with Gasteiger partial charge in [0.15, 0.2) is 0 Å². The van der Waals surface area contributed by atoms with Crippen molar-refractivity contribution in [2.45, 2.75) is 0 Å². The number of rotatable bonds is 5. The normalized spacial score (nSPS) is 9.96. The zero-order valence-corrected chi connectivity index (χ0v) is 14.1. The zero-order chi connectivity index (χ0) is 18.5. The number of nitro benzene ring substituents is 1. The van der Waals surface area contributed by atoms with Gasteiger partial charge in [0.05, 0.1) is 27.1 Å². The Bertz CT molecular complexity index is 978. The highest BCUT2D eigenvalue weighted by Crippen LogP contribution is 2.32. The molecule has 0 saturated carbocycles. The van der Waals surface area contributed by atoms with Gasteiger partial charge in [0.2, 0.25) is 0 Å². The Hall–Kier alpha value is -3.70. The molecule has 2 aromatic carbocycles. The van der Waals surface area contributed by atoms with Crippen molar-refractivity contribution in [1.29, 1.82) is 5.26 Å². The number of thiophene rings is 1. The van der Waals surface area contributed by atoms with E-state index in [1.54, 1.807) is 60.0 Å². The average molecular weight is 364 g/mol. The summed E-state index contributed by atoms with van der Waals surface area (Å²) < 4.78 is 0. The molecular formula is C18H12N4O3S. The lowest BCUT2D eigenvalue weighted by atomic mass is 10.2. The summed E-state index contributed by atoms with van der Waals surface area (Å²) in [4.78, 5) is 23.9. The van der Waals surface area contributed by atoms with Crippen molar-refractivity contribution in [3.63, 3.8) is 0 Å². The topological polar surface area (TPSA) is 99.3 Å². The van der Waals surface area contributed by atoms with Crippen LogP contribution in [-0.4, -0.2) is 10.8 Å². The summed E-state index contributed by atoms with van der Waals surface area (Å²) in [6.45, 7) is 0. The van der Waals surface area contributed by atoms with Crippen LogP contribution in [0.5, 0.6) is 0 Å². The Balaban J connectivity index is 2.05. The van der Waals surface area contributed by atoms with Gasteiger partial charge < -0.3 is 0 Å². The van der Waals surface area contributed by atoms with Crippen molar-refractivity contribution in [2.75, 3.05) is 5.01 Å². The number of hydrazine groups is 1. The number of para-hydroxylation sites is 2. The molecule has 128 valence electrons. The van der Waals surface area contributed by atoms with Crippen molar-refractivity contribution in [3.8, 4) is 6.07 Å². The number of hydrogen-bond donors (Lipinski definition) is 1. The Morgan fingerprint density at radius 1 is 1.12 bits per heavy atom. The van der Waals surface area contributed by atoms with Gasteiger partial charge in [-0.1, -0.05) is 18.2 Å². The maximum absolute atomic E-state index is 12.5. The summed E-state index contributed by atoms with van der Waals surface area (Å²) in [5.74, 6) is -0.387. The van der Waals surface area contributed by atoms with E-state index in [1.165, 1.54) is 22.4 Å². The second-order valence-electron chi connectivity index (χ2n) is 5.16. The third-order valence-electron chi connectivity index (χ3n) is 3.53. The Morgan fingerprint density at radius 2 is 1.85 bits per heavy atom. The number of anilines is 2. The highest BCUT2D eigenvalue weighted by Gasteiger charge is 2.22. The fourth-order valence-corrected chi connectivity index (χ4v) is 2.93. The second kappa shape index (κ2) is 7.46. The molecule has 0 unspecified atom stereocenters. The molecule has 0 aliphatic rings. The van der Waals surface area contributed by atoms with Crippen LogP contribution in [0, 0.1) is 21.4 Å². The number of nitriles is 1. The van der Waals surface area contributed by atoms with Gasteiger partial charge in [-0.15, -0.1) is 11.3 Å². The molecule has 3 aromatic rings. The molecule has 0 saturated heterocycles. The van der Waals surface area contributed by atoms with Gasteiger partial charge in [-0.3, -0.25) is 20.3 Å². The smallest absolute Gasteiger partial charge is 0.266 e. The molecule has 0 aliphatic carbocycles. The molecule has 0 spiro atoms. The predicted molar refractivity (Wildman–Crippen MR) is 98.2 cm³/mol. The first-order valence-electron chi connectivity index (χ1n) is 7.48. The number of nitrogens with zero attached hydrogens (tertiary/aromatic N) is 3. The predicted octanol–water partition coefficient (Wildman–Crippen LogP) is 4.01. The van der Waals surface area contributed by atoms with E-state index in [2.05, 4.69) is 5.43 Å². The van der Waals surface area contributed by atoms with Crippen LogP contribution in [0.4, 0.5) is 17.1 Å². The maximum Gasteiger partial charge on any atom is 0.294 e. The third-order valence-corrected chi connectivity index (χ3v) is 4.40. The van der Waals surface area contributed by atoms with Crippen LogP contribution in [0.3, 0.4) is 0 Å². The summed E-state index contributed by atoms with van der Waals surface area (Å²) >= 11 is 1.26. The first kappa shape index (κ1) is 17.1. The van der Waals surface area contributed by atoms with Gasteiger partial charge in [0, 0.05) is 6.07 Å². The minimum atomic E-state index is -0.511. The summed E-state index contributed by atoms with van der Waals surface area (Å²) in [7, 11) is 0. The Kier molecular flexibility index (Phi) is 4.92. The van der Waals surface area contributed by atoms with Gasteiger partial charge in [0.1, 0.15) is 5.69 Å². The largest absolute Gasteiger partial charge is 0.294 e. The summed E-state index contributed by atoms with van der Waals surface area (Å²) in [6.07, 6.45) is 0. The number of benzene rings is 2. The summed E-state index contributed by atoms with van der Waals surface area (Å²) in [5.41, 5.74) is 3.70. The van der Waals surface area contributed by atoms with Gasteiger partial charge in [-0.05, 0) is 41.8 Å². The first-order valence-corrected chi connectivity index (χ1v) is 8.36. The maximum atomic E-state index is 12.5. The molecule has 0 radical (unpaired) electrons. The molecular weight excluding hydrogens is 352 g/mol. The second-order valence-corrected chi connectivity index (χ2v) is 6.11. The number of hydrogen-bond acceptors (Lipinski definition) is 6. The van der Waals surface area contributed by atoms with E-state index in [9.17, 15) is 14.9 Å². The quantitative estimate of drug-likeness (QED) is 0.545. The van der Waals surface area contributed by atoms with Crippen LogP contribution in [0.1, 0.15) is 15.2 Å². The molecule has 1 heterocycles. The van der Waals surface area contributed by atoms with E-state index in [-0.39, 0.29) is 17.3 Å². The van der Waals surface area contributed by atoms with Crippen LogP contribution in [0.15, 0.2) is 66.0 Å².